The fraction of sp³-hybridized carbons (Fsp3) is 0.714. The van der Waals surface area contributed by atoms with E-state index in [-0.39, 0.29) is 16.6 Å². The van der Waals surface area contributed by atoms with Gasteiger partial charge in [0.2, 0.25) is 0 Å². The Morgan fingerprint density at radius 2 is 1.64 bits per heavy atom. The van der Waals surface area contributed by atoms with E-state index in [0.717, 1.165) is 35.8 Å². The second-order valence-corrected chi connectivity index (χ2v) is 12.4. The number of phenols is 1. The average Bonchev–Trinajstić information content (AvgIpc) is 3.12. The molecule has 1 aliphatic rings. The number of nitrogens with zero attached hydrogens (tertiary/aromatic N) is 2. The summed E-state index contributed by atoms with van der Waals surface area (Å²) < 4.78 is 4.47. The maximum atomic E-state index is 13.5. The molecule has 2 atom stereocenters. The number of hydrogen-bond donors (Lipinski definition) is 1. The monoisotopic (exact) mass is 520 g/mol. The lowest BCUT2D eigenvalue weighted by molar-refractivity contribution is 0.0966. The number of carbonyl (C=O) groups is 1. The first-order valence-electron chi connectivity index (χ1n) is 12.6. The van der Waals surface area contributed by atoms with Gasteiger partial charge < -0.3 is 10.0 Å². The maximum Gasteiger partial charge on any atom is 0.182 e. The van der Waals surface area contributed by atoms with Gasteiger partial charge in [0.1, 0.15) is 11.6 Å². The molecule has 1 saturated heterocycles. The summed E-state index contributed by atoms with van der Waals surface area (Å²) in [5, 5.41) is 11.0. The van der Waals surface area contributed by atoms with Crippen molar-refractivity contribution >= 4 is 27.8 Å². The van der Waals surface area contributed by atoms with Gasteiger partial charge in [-0.15, -0.1) is 0 Å². The highest BCUT2D eigenvalue weighted by Crippen LogP contribution is 2.40. The van der Waals surface area contributed by atoms with Gasteiger partial charge in [-0.25, -0.2) is 0 Å². The molecule has 0 radical (unpaired) electrons. The lowest BCUT2D eigenvalue weighted by atomic mass is 9.78. The maximum absolute atomic E-state index is 13.5. The molecular weight excluding hydrogens is 476 g/mol. The van der Waals surface area contributed by atoms with E-state index in [1.807, 2.05) is 12.1 Å². The van der Waals surface area contributed by atoms with E-state index in [4.69, 9.17) is 0 Å². The smallest absolute Gasteiger partial charge is 0.182 e. The van der Waals surface area contributed by atoms with Crippen LogP contribution in [0.1, 0.15) is 109 Å². The molecule has 1 fully saturated rings. The lowest BCUT2D eigenvalue weighted by Gasteiger charge is -2.28. The molecule has 4 nitrogen and oxygen atoms in total. The van der Waals surface area contributed by atoms with Crippen LogP contribution in [0, 0.1) is 17.8 Å². The molecular formula is C28H45BrN2O2. The van der Waals surface area contributed by atoms with Crippen molar-refractivity contribution in [2.24, 2.45) is 21.8 Å². The molecule has 0 saturated carbocycles. The van der Waals surface area contributed by atoms with E-state index in [1.54, 1.807) is 0 Å². The van der Waals surface area contributed by atoms with Crippen LogP contribution in [-0.4, -0.2) is 34.7 Å². The number of likely N-dealkylation sites (tertiary alicyclic amines) is 1. The molecule has 0 bridgehead atoms. The summed E-state index contributed by atoms with van der Waals surface area (Å²) in [6, 6.07) is 3.78. The average molecular weight is 522 g/mol. The molecule has 1 N–H and O–H groups in total. The Morgan fingerprint density at radius 3 is 2.06 bits per heavy atom. The highest BCUT2D eigenvalue weighted by Gasteiger charge is 2.35. The molecule has 33 heavy (non-hydrogen) atoms. The minimum absolute atomic E-state index is 0.0768. The number of benzene rings is 1. The molecule has 0 amide bonds. The summed E-state index contributed by atoms with van der Waals surface area (Å²) in [4.78, 5) is 15.6. The SMILES string of the molecule is CCC(CC)CC(C)C1CCN(CC(=O)c2cc(C(C)(C)C)c(O)c(C(C)(C)C)c2)/C1=N\Br. The Hall–Kier alpha value is -1.36. The van der Waals surface area contributed by atoms with Crippen molar-refractivity contribution in [1.29, 1.82) is 0 Å². The Bertz CT molecular complexity index is 825. The van der Waals surface area contributed by atoms with Crippen molar-refractivity contribution in [3.05, 3.63) is 28.8 Å². The van der Waals surface area contributed by atoms with Crippen LogP contribution in [0.25, 0.3) is 0 Å². The summed E-state index contributed by atoms with van der Waals surface area (Å²) in [5.41, 5.74) is 1.81. The van der Waals surface area contributed by atoms with Crippen molar-refractivity contribution in [3.8, 4) is 5.75 Å². The molecule has 0 aliphatic carbocycles. The highest BCUT2D eigenvalue weighted by atomic mass is 79.9. The Kier molecular flexibility index (Phi) is 9.23. The predicted molar refractivity (Wildman–Crippen MR) is 144 cm³/mol. The van der Waals surface area contributed by atoms with Crippen LogP contribution in [-0.2, 0) is 10.8 Å². The molecule has 1 aromatic rings. The highest BCUT2D eigenvalue weighted by molar-refractivity contribution is 9.08. The Balaban J connectivity index is 2.29. The molecule has 5 heteroatoms. The normalized spacial score (nSPS) is 19.5. The van der Waals surface area contributed by atoms with Gasteiger partial charge in [-0.3, -0.25) is 4.79 Å². The number of Topliss-reactive ketones (excluding diaryl/α,β-unsaturated/α-hetero) is 1. The standard InChI is InChI=1S/C28H45BrN2O2/c1-10-19(11-2)14-18(3)21-12-13-31(26(21)30-29)17-24(32)20-15-22(27(4,5)6)25(33)23(16-20)28(7,8)9/h15-16,18-19,21,33H,10-14,17H2,1-9H3/b30-26-. The van der Waals surface area contributed by atoms with E-state index in [0.29, 0.717) is 29.7 Å². The van der Waals surface area contributed by atoms with Gasteiger partial charge in [-0.1, -0.05) is 75.2 Å². The molecule has 1 aliphatic heterocycles. The Labute approximate surface area is 210 Å². The number of halogens is 1. The van der Waals surface area contributed by atoms with Crippen molar-refractivity contribution < 1.29 is 9.90 Å². The quantitative estimate of drug-likeness (QED) is 0.357. The van der Waals surface area contributed by atoms with E-state index >= 15 is 0 Å². The third kappa shape index (κ3) is 6.61. The molecule has 0 spiro atoms. The molecule has 1 aromatic carbocycles. The third-order valence-electron chi connectivity index (χ3n) is 7.38. The molecule has 1 heterocycles. The van der Waals surface area contributed by atoms with Crippen LogP contribution in [0.15, 0.2) is 16.2 Å². The van der Waals surface area contributed by atoms with Gasteiger partial charge in [-0.05, 0) is 47.6 Å². The van der Waals surface area contributed by atoms with E-state index in [2.05, 4.69) is 87.4 Å². The van der Waals surface area contributed by atoms with Crippen molar-refractivity contribution in [3.63, 3.8) is 0 Å². The summed E-state index contributed by atoms with van der Waals surface area (Å²) in [5.74, 6) is 3.06. The number of carbonyl (C=O) groups excluding carboxylic acids is 1. The molecule has 2 rings (SSSR count). The largest absolute Gasteiger partial charge is 0.507 e. The second kappa shape index (κ2) is 10.9. The number of hydrogen-bond acceptors (Lipinski definition) is 3. The summed E-state index contributed by atoms with van der Waals surface area (Å²) in [6.07, 6.45) is 4.66. The Morgan fingerprint density at radius 1 is 1.12 bits per heavy atom. The van der Waals surface area contributed by atoms with Gasteiger partial charge in [0.25, 0.3) is 0 Å². The van der Waals surface area contributed by atoms with Crippen LogP contribution in [0.3, 0.4) is 0 Å². The summed E-state index contributed by atoms with van der Waals surface area (Å²) in [6.45, 7) is 20.5. The molecule has 0 aromatic heterocycles. The number of phenolic OH excluding ortho intramolecular Hbond substituents is 1. The van der Waals surface area contributed by atoms with Gasteiger partial charge in [0.05, 0.1) is 22.7 Å². The third-order valence-corrected chi connectivity index (χ3v) is 7.74. The molecule has 186 valence electrons. The van der Waals surface area contributed by atoms with Crippen LogP contribution < -0.4 is 0 Å². The summed E-state index contributed by atoms with van der Waals surface area (Å²) >= 11 is 3.36. The zero-order valence-electron chi connectivity index (χ0n) is 22.3. The number of ketones is 1. The zero-order chi connectivity index (χ0) is 25.1. The van der Waals surface area contributed by atoms with Gasteiger partial charge in [-0.2, -0.15) is 4.02 Å². The summed E-state index contributed by atoms with van der Waals surface area (Å²) in [7, 11) is 0. The van der Waals surface area contributed by atoms with Crippen LogP contribution >= 0.6 is 16.1 Å². The van der Waals surface area contributed by atoms with Gasteiger partial charge in [0.15, 0.2) is 5.78 Å². The zero-order valence-corrected chi connectivity index (χ0v) is 23.8. The van der Waals surface area contributed by atoms with E-state index in [1.165, 1.54) is 19.3 Å². The van der Waals surface area contributed by atoms with Crippen molar-refractivity contribution in [2.45, 2.75) is 98.8 Å². The predicted octanol–water partition coefficient (Wildman–Crippen LogP) is 7.66. The first-order chi connectivity index (χ1) is 15.2. The topological polar surface area (TPSA) is 52.9 Å². The molecule has 2 unspecified atom stereocenters. The van der Waals surface area contributed by atoms with E-state index < -0.39 is 0 Å². The first-order valence-corrected chi connectivity index (χ1v) is 13.3. The second-order valence-electron chi connectivity index (χ2n) is 12.0. The van der Waals surface area contributed by atoms with Crippen LogP contribution in [0.5, 0.6) is 5.75 Å². The first kappa shape index (κ1) is 27.9. The number of rotatable bonds is 8. The van der Waals surface area contributed by atoms with Crippen molar-refractivity contribution in [2.75, 3.05) is 13.1 Å². The minimum Gasteiger partial charge on any atom is -0.507 e. The van der Waals surface area contributed by atoms with Gasteiger partial charge >= 0.3 is 0 Å². The number of aromatic hydroxyl groups is 1. The number of amidine groups is 1. The van der Waals surface area contributed by atoms with E-state index in [9.17, 15) is 9.90 Å². The van der Waals surface area contributed by atoms with Crippen molar-refractivity contribution in [1.82, 2.24) is 4.90 Å². The van der Waals surface area contributed by atoms with Crippen LogP contribution in [0.4, 0.5) is 0 Å². The van der Waals surface area contributed by atoms with Gasteiger partial charge in [0, 0.05) is 29.2 Å². The fourth-order valence-electron chi connectivity index (χ4n) is 5.10. The van der Waals surface area contributed by atoms with Crippen LogP contribution in [0.2, 0.25) is 0 Å². The lowest BCUT2D eigenvalue weighted by Crippen LogP contribution is -2.34. The fourth-order valence-corrected chi connectivity index (χ4v) is 5.59. The minimum atomic E-state index is -0.258.